The van der Waals surface area contributed by atoms with Crippen LogP contribution in [0.15, 0.2) is 34.1 Å². The summed E-state index contributed by atoms with van der Waals surface area (Å²) >= 11 is 1.67. The van der Waals surface area contributed by atoms with Crippen molar-refractivity contribution in [1.82, 2.24) is 9.97 Å². The lowest BCUT2D eigenvalue weighted by Crippen LogP contribution is -2.17. The zero-order chi connectivity index (χ0) is 24.6. The minimum absolute atomic E-state index is 0.0821. The van der Waals surface area contributed by atoms with Gasteiger partial charge in [0, 0.05) is 23.8 Å². The maximum atomic E-state index is 12.3. The molecule has 33 heavy (non-hydrogen) atoms. The lowest BCUT2D eigenvalue weighted by atomic mass is 9.79. The van der Waals surface area contributed by atoms with E-state index in [1.54, 1.807) is 30.1 Å². The fraction of sp³-hybridized carbons (Fsp3) is 0.423. The molecule has 0 aliphatic heterocycles. The van der Waals surface area contributed by atoms with Gasteiger partial charge in [-0.15, -0.1) is 0 Å². The minimum Gasteiger partial charge on any atom is -0.507 e. The Morgan fingerprint density at radius 2 is 1.82 bits per heavy atom. The first-order valence-electron chi connectivity index (χ1n) is 11.0. The number of thioether (sulfide) groups is 1. The molecule has 176 valence electrons. The molecule has 7 heteroatoms. The zero-order valence-electron chi connectivity index (χ0n) is 20.5. The highest BCUT2D eigenvalue weighted by atomic mass is 32.2. The number of nitrogen functional groups attached to an aromatic ring is 1. The van der Waals surface area contributed by atoms with E-state index in [1.807, 2.05) is 12.3 Å². The summed E-state index contributed by atoms with van der Waals surface area (Å²) in [5, 5.41) is 11.0. The first kappa shape index (κ1) is 24.8. The number of hydrogen-bond donors (Lipinski definition) is 3. The highest BCUT2D eigenvalue weighted by Gasteiger charge is 2.24. The molecule has 0 spiro atoms. The standard InChI is InChI=1S/C26H34N4O2S/c1-25(2,3)16-10-15(23(31)17(11-16)26(4,5)6)14-28-20-13-22-21(12-18(20)27)30-24(32)19(29-22)8-9-33-7/h10-14,31H,8-9,27H2,1-7H3,(H,30,32). The molecule has 0 unspecified atom stereocenters. The molecule has 0 saturated heterocycles. The molecular weight excluding hydrogens is 432 g/mol. The van der Waals surface area contributed by atoms with E-state index in [2.05, 4.69) is 62.6 Å². The normalized spacial score (nSPS) is 12.7. The minimum atomic E-state index is -0.223. The lowest BCUT2D eigenvalue weighted by molar-refractivity contribution is 0.444. The number of aromatic nitrogens is 2. The van der Waals surface area contributed by atoms with E-state index in [-0.39, 0.29) is 22.1 Å². The molecule has 6 nitrogen and oxygen atoms in total. The van der Waals surface area contributed by atoms with Crippen LogP contribution in [0.25, 0.3) is 11.0 Å². The second kappa shape index (κ2) is 9.21. The van der Waals surface area contributed by atoms with Crippen LogP contribution in [0, 0.1) is 0 Å². The predicted octanol–water partition coefficient (Wildman–Crippen LogP) is 5.46. The van der Waals surface area contributed by atoms with Crippen molar-refractivity contribution in [2.45, 2.75) is 58.8 Å². The topological polar surface area (TPSA) is 104 Å². The third-order valence-electron chi connectivity index (χ3n) is 5.61. The summed E-state index contributed by atoms with van der Waals surface area (Å²) in [5.41, 5.74) is 11.0. The van der Waals surface area contributed by atoms with Crippen molar-refractivity contribution >= 4 is 40.4 Å². The molecule has 0 atom stereocenters. The van der Waals surface area contributed by atoms with Gasteiger partial charge in [0.1, 0.15) is 11.4 Å². The number of phenols is 1. The second-order valence-corrected chi connectivity index (χ2v) is 11.4. The fourth-order valence-electron chi connectivity index (χ4n) is 3.56. The molecule has 3 rings (SSSR count). The van der Waals surface area contributed by atoms with Gasteiger partial charge in [-0.2, -0.15) is 11.8 Å². The van der Waals surface area contributed by atoms with Crippen LogP contribution in [0.1, 0.15) is 63.9 Å². The molecule has 3 aromatic rings. The molecule has 4 N–H and O–H groups in total. The van der Waals surface area contributed by atoms with Crippen LogP contribution in [-0.2, 0) is 17.3 Å². The summed E-state index contributed by atoms with van der Waals surface area (Å²) in [4.78, 5) is 24.3. The summed E-state index contributed by atoms with van der Waals surface area (Å²) in [6, 6.07) is 7.50. The van der Waals surface area contributed by atoms with Gasteiger partial charge < -0.3 is 15.8 Å². The lowest BCUT2D eigenvalue weighted by Gasteiger charge is -2.27. The van der Waals surface area contributed by atoms with Gasteiger partial charge in [-0.1, -0.05) is 47.6 Å². The molecule has 0 bridgehead atoms. The Kier molecular flexibility index (Phi) is 6.93. The Labute approximate surface area is 199 Å². The number of aryl methyl sites for hydroxylation is 1. The van der Waals surface area contributed by atoms with E-state index in [0.717, 1.165) is 16.9 Å². The van der Waals surface area contributed by atoms with Crippen molar-refractivity contribution in [3.63, 3.8) is 0 Å². The van der Waals surface area contributed by atoms with Crippen molar-refractivity contribution in [3.05, 3.63) is 57.0 Å². The molecule has 1 heterocycles. The smallest absolute Gasteiger partial charge is 0.270 e. The number of hydrogen-bond acceptors (Lipinski definition) is 6. The maximum Gasteiger partial charge on any atom is 0.270 e. The van der Waals surface area contributed by atoms with E-state index < -0.39 is 0 Å². The Bertz CT molecular complexity index is 1260. The molecule has 0 radical (unpaired) electrons. The van der Waals surface area contributed by atoms with Crippen LogP contribution in [0.2, 0.25) is 0 Å². The SMILES string of the molecule is CSCCc1nc2cc(N=Cc3cc(C(C)(C)C)cc(C(C)(C)C)c3O)c(N)cc2[nH]c1=O. The third-order valence-corrected chi connectivity index (χ3v) is 6.22. The molecule has 0 amide bonds. The number of aliphatic imine (C=N–C) groups is 1. The van der Waals surface area contributed by atoms with Crippen molar-refractivity contribution < 1.29 is 5.11 Å². The van der Waals surface area contributed by atoms with Gasteiger partial charge in [0.2, 0.25) is 0 Å². The Morgan fingerprint density at radius 1 is 1.12 bits per heavy atom. The molecule has 1 aromatic heterocycles. The van der Waals surface area contributed by atoms with E-state index in [9.17, 15) is 9.90 Å². The van der Waals surface area contributed by atoms with Crippen molar-refractivity contribution in [1.29, 1.82) is 0 Å². The number of nitrogens with zero attached hydrogens (tertiary/aromatic N) is 2. The van der Waals surface area contributed by atoms with Gasteiger partial charge in [-0.25, -0.2) is 4.98 Å². The van der Waals surface area contributed by atoms with E-state index >= 15 is 0 Å². The Balaban J connectivity index is 2.10. The molecule has 2 aromatic carbocycles. The first-order chi connectivity index (χ1) is 15.3. The van der Waals surface area contributed by atoms with Crippen molar-refractivity contribution in [3.8, 4) is 5.75 Å². The first-order valence-corrected chi connectivity index (χ1v) is 12.4. The molecule has 0 fully saturated rings. The van der Waals surface area contributed by atoms with Crippen LogP contribution in [0.5, 0.6) is 5.75 Å². The van der Waals surface area contributed by atoms with Crippen molar-refractivity contribution in [2.24, 2.45) is 4.99 Å². The van der Waals surface area contributed by atoms with Crippen LogP contribution in [-0.4, -0.2) is 33.3 Å². The summed E-state index contributed by atoms with van der Waals surface area (Å²) < 4.78 is 0. The zero-order valence-corrected chi connectivity index (χ0v) is 21.4. The van der Waals surface area contributed by atoms with Gasteiger partial charge in [-0.05, 0) is 46.6 Å². The van der Waals surface area contributed by atoms with Gasteiger partial charge in [0.05, 0.1) is 22.4 Å². The molecule has 0 aliphatic rings. The average Bonchev–Trinajstić information content (AvgIpc) is 2.70. The monoisotopic (exact) mass is 466 g/mol. The highest BCUT2D eigenvalue weighted by Crippen LogP contribution is 2.37. The Morgan fingerprint density at radius 3 is 2.42 bits per heavy atom. The molecule has 0 aliphatic carbocycles. The number of aromatic amines is 1. The predicted molar refractivity (Wildman–Crippen MR) is 142 cm³/mol. The van der Waals surface area contributed by atoms with Crippen LogP contribution in [0.4, 0.5) is 11.4 Å². The van der Waals surface area contributed by atoms with Crippen LogP contribution in [0.3, 0.4) is 0 Å². The number of nitrogens with two attached hydrogens (primary N) is 1. The molecular formula is C26H34N4O2S. The maximum absolute atomic E-state index is 12.3. The number of fused-ring (bicyclic) bond motifs is 1. The summed E-state index contributed by atoms with van der Waals surface area (Å²) in [6.45, 7) is 12.7. The Hall–Kier alpha value is -2.80. The number of benzene rings is 2. The third kappa shape index (κ3) is 5.58. The fourth-order valence-corrected chi connectivity index (χ4v) is 3.95. The van der Waals surface area contributed by atoms with Crippen LogP contribution >= 0.6 is 11.8 Å². The van der Waals surface area contributed by atoms with E-state index in [0.29, 0.717) is 40.1 Å². The number of nitrogens with one attached hydrogen (secondary N) is 1. The number of rotatable bonds is 5. The number of H-pyrrole nitrogens is 1. The van der Waals surface area contributed by atoms with Gasteiger partial charge in [-0.3, -0.25) is 9.79 Å². The number of anilines is 1. The number of phenolic OH excluding ortho intramolecular Hbond substituents is 1. The largest absolute Gasteiger partial charge is 0.507 e. The van der Waals surface area contributed by atoms with Gasteiger partial charge >= 0.3 is 0 Å². The molecule has 0 saturated carbocycles. The van der Waals surface area contributed by atoms with E-state index in [1.165, 1.54) is 0 Å². The van der Waals surface area contributed by atoms with Crippen LogP contribution < -0.4 is 11.3 Å². The summed E-state index contributed by atoms with van der Waals surface area (Å²) in [6.07, 6.45) is 4.24. The van der Waals surface area contributed by atoms with Crippen molar-refractivity contribution in [2.75, 3.05) is 17.7 Å². The second-order valence-electron chi connectivity index (χ2n) is 10.4. The van der Waals surface area contributed by atoms with E-state index in [4.69, 9.17) is 5.73 Å². The van der Waals surface area contributed by atoms with Gasteiger partial charge in [0.15, 0.2) is 0 Å². The average molecular weight is 467 g/mol. The van der Waals surface area contributed by atoms with Gasteiger partial charge in [0.25, 0.3) is 5.56 Å². The summed E-state index contributed by atoms with van der Waals surface area (Å²) in [7, 11) is 0. The number of aromatic hydroxyl groups is 1. The highest BCUT2D eigenvalue weighted by molar-refractivity contribution is 7.98. The summed E-state index contributed by atoms with van der Waals surface area (Å²) in [5.74, 6) is 1.04. The quantitative estimate of drug-likeness (QED) is 0.342.